The second-order valence-corrected chi connectivity index (χ2v) is 19.8. The van der Waals surface area contributed by atoms with E-state index in [9.17, 15) is 40.9 Å². The van der Waals surface area contributed by atoms with Crippen LogP contribution >= 0.6 is 0 Å². The molecule has 6 fully saturated rings. The molecule has 314 valence electrons. The van der Waals surface area contributed by atoms with Gasteiger partial charge < -0.3 is 64.5 Å². The highest BCUT2D eigenvalue weighted by molar-refractivity contribution is 5.33. The number of aliphatic hydroxyl groups is 8. The second kappa shape index (κ2) is 14.6. The highest BCUT2D eigenvalue weighted by atomic mass is 16.7. The lowest BCUT2D eigenvalue weighted by atomic mass is 9.38. The van der Waals surface area contributed by atoms with Crippen LogP contribution in [0.25, 0.3) is 0 Å². The van der Waals surface area contributed by atoms with Gasteiger partial charge in [-0.05, 0) is 87.4 Å². The van der Waals surface area contributed by atoms with Crippen molar-refractivity contribution < 1.29 is 64.5 Å². The van der Waals surface area contributed by atoms with Gasteiger partial charge in [-0.15, -0.1) is 0 Å². The molecule has 13 nitrogen and oxygen atoms in total. The van der Waals surface area contributed by atoms with Gasteiger partial charge in [0.15, 0.2) is 12.6 Å². The zero-order chi connectivity index (χ0) is 40.1. The second-order valence-electron chi connectivity index (χ2n) is 19.8. The Kier molecular flexibility index (Phi) is 11.2. The fourth-order valence-electron chi connectivity index (χ4n) is 13.0. The van der Waals surface area contributed by atoms with Gasteiger partial charge in [-0.25, -0.2) is 0 Å². The molecule has 0 aromatic rings. The third-order valence-electron chi connectivity index (χ3n) is 16.5. The van der Waals surface area contributed by atoms with Gasteiger partial charge in [0.1, 0.15) is 48.8 Å². The summed E-state index contributed by atoms with van der Waals surface area (Å²) in [4.78, 5) is 0. The van der Waals surface area contributed by atoms with Crippen molar-refractivity contribution in [1.29, 1.82) is 0 Å². The lowest BCUT2D eigenvalue weighted by Crippen LogP contribution is -2.66. The molecule has 3 heterocycles. The van der Waals surface area contributed by atoms with E-state index in [4.69, 9.17) is 23.7 Å². The molecule has 3 aliphatic heterocycles. The SMILES string of the molecule is C[C@H](C/C=C/C(C)(C)O[C@@H]1O[C@H](CO)[C@@H](O)[C@H](O)[C@H]1O)[C@H]1CC[C@@]2(C)[C@@H]3C=C[C@@]45OC[C@]3(CC[C@]12C)C4CC[C@H](O[C@@H]1O[C@H](CO)[C@@H](O)[C@@H](O)[C@H]1O)C5(C)C. The van der Waals surface area contributed by atoms with Gasteiger partial charge in [0.25, 0.3) is 0 Å². The van der Waals surface area contributed by atoms with E-state index < -0.39 is 91.2 Å². The maximum atomic E-state index is 10.8. The van der Waals surface area contributed by atoms with Crippen LogP contribution in [0.1, 0.15) is 93.4 Å². The van der Waals surface area contributed by atoms with Crippen molar-refractivity contribution in [1.82, 2.24) is 0 Å². The average molecular weight is 781 g/mol. The van der Waals surface area contributed by atoms with Gasteiger partial charge in [0.05, 0.1) is 37.1 Å². The van der Waals surface area contributed by atoms with Crippen LogP contribution in [0, 0.1) is 45.3 Å². The summed E-state index contributed by atoms with van der Waals surface area (Å²) in [6, 6.07) is 0. The molecular formula is C42H68O13. The molecule has 55 heavy (non-hydrogen) atoms. The summed E-state index contributed by atoms with van der Waals surface area (Å²) < 4.78 is 31.0. The number of rotatable bonds is 10. The molecule has 1 unspecified atom stereocenters. The van der Waals surface area contributed by atoms with E-state index in [1.165, 1.54) is 0 Å². The minimum atomic E-state index is -1.49. The van der Waals surface area contributed by atoms with Crippen LogP contribution in [0.3, 0.4) is 0 Å². The fraction of sp³-hybridized carbons (Fsp3) is 0.905. The Morgan fingerprint density at radius 1 is 0.782 bits per heavy atom. The highest BCUT2D eigenvalue weighted by Gasteiger charge is 2.75. The van der Waals surface area contributed by atoms with E-state index in [1.807, 2.05) is 19.9 Å². The zero-order valence-electron chi connectivity index (χ0n) is 33.7. The number of hydrogen-bond acceptors (Lipinski definition) is 13. The van der Waals surface area contributed by atoms with Crippen molar-refractivity contribution in [3.63, 3.8) is 0 Å². The van der Waals surface area contributed by atoms with Gasteiger partial charge in [-0.1, -0.05) is 58.9 Å². The van der Waals surface area contributed by atoms with Crippen LogP contribution < -0.4 is 0 Å². The van der Waals surface area contributed by atoms with E-state index in [-0.39, 0.29) is 22.3 Å². The smallest absolute Gasteiger partial charge is 0.187 e. The van der Waals surface area contributed by atoms with Crippen molar-refractivity contribution in [2.45, 2.75) is 172 Å². The minimum absolute atomic E-state index is 0.00179. The number of aliphatic hydroxyl groups excluding tert-OH is 8. The standard InChI is InChI=1S/C42H68O13/c1-22(9-8-14-37(2,3)55-36-34(50)32(48)30(46)25(20-44)53-36)23-12-15-40(7)26-13-16-42-27(41(26,21-51-42)18-17-39(23,40)6)10-11-28(38(42,4)5)54-35-33(49)31(47)29(45)24(19-43)52-35/h8,13-14,16,22-36,43-50H,9-12,15,17-21H2,1-7H3/b14-8+/t22-,23-,24-,25-,26+,27?,28+,29-,30-,31-,32+,33-,34-,35+,36+,39-,40+,41+,42-/m1/s1. The number of hydrogen-bond donors (Lipinski definition) is 8. The summed E-state index contributed by atoms with van der Waals surface area (Å²) in [7, 11) is 0. The first-order valence-electron chi connectivity index (χ1n) is 20.7. The van der Waals surface area contributed by atoms with Gasteiger partial charge in [0.2, 0.25) is 0 Å². The van der Waals surface area contributed by atoms with E-state index in [0.717, 1.165) is 44.9 Å². The van der Waals surface area contributed by atoms with Gasteiger partial charge in [0, 0.05) is 16.7 Å². The monoisotopic (exact) mass is 780 g/mol. The first-order chi connectivity index (χ1) is 25.7. The minimum Gasteiger partial charge on any atom is -0.394 e. The van der Waals surface area contributed by atoms with Crippen LogP contribution in [0.2, 0.25) is 0 Å². The molecule has 3 saturated carbocycles. The summed E-state index contributed by atoms with van der Waals surface area (Å²) in [6.45, 7) is 15.1. The van der Waals surface area contributed by atoms with Crippen molar-refractivity contribution in [3.8, 4) is 0 Å². The zero-order valence-corrected chi connectivity index (χ0v) is 33.7. The van der Waals surface area contributed by atoms with Gasteiger partial charge >= 0.3 is 0 Å². The molecule has 7 rings (SSSR count). The molecular weight excluding hydrogens is 712 g/mol. The Hall–Kier alpha value is -1.04. The molecule has 2 bridgehead atoms. The van der Waals surface area contributed by atoms with Crippen LogP contribution in [0.5, 0.6) is 0 Å². The lowest BCUT2D eigenvalue weighted by Gasteiger charge is -2.65. The topological polar surface area (TPSA) is 208 Å². The Labute approximate surface area is 325 Å². The van der Waals surface area contributed by atoms with E-state index in [2.05, 4.69) is 52.8 Å². The summed E-state index contributed by atoms with van der Waals surface area (Å²) in [5.74, 6) is 1.57. The van der Waals surface area contributed by atoms with Crippen molar-refractivity contribution in [2.24, 2.45) is 45.3 Å². The summed E-state index contributed by atoms with van der Waals surface area (Å²) in [5.41, 5.74) is -1.72. The first-order valence-corrected chi connectivity index (χ1v) is 20.7. The average Bonchev–Trinajstić information content (AvgIpc) is 3.54. The van der Waals surface area contributed by atoms with Gasteiger partial charge in [-0.3, -0.25) is 0 Å². The number of ether oxygens (including phenoxy) is 5. The molecule has 0 radical (unpaired) electrons. The number of fused-ring (bicyclic) bond motifs is 2. The van der Waals surface area contributed by atoms with E-state index in [1.54, 1.807) is 0 Å². The fourth-order valence-corrected chi connectivity index (χ4v) is 13.0. The third-order valence-corrected chi connectivity index (χ3v) is 16.5. The lowest BCUT2D eigenvalue weighted by molar-refractivity contribution is -0.329. The van der Waals surface area contributed by atoms with Crippen molar-refractivity contribution in [2.75, 3.05) is 19.8 Å². The predicted octanol–water partition coefficient (Wildman–Crippen LogP) is 1.94. The Bertz CT molecular complexity index is 1450. The number of allylic oxidation sites excluding steroid dienone is 2. The molecule has 7 aliphatic rings. The molecule has 0 aromatic heterocycles. The quantitative estimate of drug-likeness (QED) is 0.150. The first kappa shape index (κ1) is 42.1. The molecule has 0 amide bonds. The largest absolute Gasteiger partial charge is 0.394 e. The van der Waals surface area contributed by atoms with Crippen molar-refractivity contribution in [3.05, 3.63) is 24.3 Å². The van der Waals surface area contributed by atoms with E-state index in [0.29, 0.717) is 30.3 Å². The van der Waals surface area contributed by atoms with Crippen LogP contribution in [-0.2, 0) is 23.7 Å². The van der Waals surface area contributed by atoms with Crippen LogP contribution in [0.4, 0.5) is 0 Å². The van der Waals surface area contributed by atoms with E-state index >= 15 is 0 Å². The molecule has 19 atom stereocenters. The van der Waals surface area contributed by atoms with Crippen LogP contribution in [0.15, 0.2) is 24.3 Å². The molecule has 1 spiro atoms. The Morgan fingerprint density at radius 3 is 2.04 bits per heavy atom. The molecule has 8 N–H and O–H groups in total. The van der Waals surface area contributed by atoms with Gasteiger partial charge in [-0.2, -0.15) is 0 Å². The van der Waals surface area contributed by atoms with Crippen LogP contribution in [-0.4, -0.2) is 139 Å². The molecule has 13 heteroatoms. The third kappa shape index (κ3) is 6.28. The predicted molar refractivity (Wildman–Crippen MR) is 199 cm³/mol. The summed E-state index contributed by atoms with van der Waals surface area (Å²) in [6.07, 6.45) is 2.30. The normalized spacial score (nSPS) is 52.5. The summed E-state index contributed by atoms with van der Waals surface area (Å²) >= 11 is 0. The maximum absolute atomic E-state index is 10.8. The molecule has 3 saturated heterocycles. The molecule has 4 aliphatic carbocycles. The summed E-state index contributed by atoms with van der Waals surface area (Å²) in [5, 5.41) is 81.8. The maximum Gasteiger partial charge on any atom is 0.187 e. The highest BCUT2D eigenvalue weighted by Crippen LogP contribution is 2.77. The Morgan fingerprint density at radius 2 is 1.40 bits per heavy atom. The van der Waals surface area contributed by atoms with Crippen molar-refractivity contribution >= 4 is 0 Å². The Balaban J connectivity index is 1.04. The molecule has 0 aromatic carbocycles.